The van der Waals surface area contributed by atoms with Gasteiger partial charge in [0.25, 0.3) is 0 Å². The predicted octanol–water partition coefficient (Wildman–Crippen LogP) is 3.55. The smallest absolute Gasteiger partial charge is 0.408 e. The summed E-state index contributed by atoms with van der Waals surface area (Å²) in [7, 11) is 1.39. The van der Waals surface area contributed by atoms with Crippen molar-refractivity contribution in [2.75, 3.05) is 20.3 Å². The molecule has 2 aromatic rings. The maximum Gasteiger partial charge on any atom is 0.408 e. The number of carbonyl (C=O) groups excluding carboxylic acids is 2. The van der Waals surface area contributed by atoms with E-state index in [9.17, 15) is 19.5 Å². The number of amides is 2. The Morgan fingerprint density at radius 1 is 0.971 bits per heavy atom. The van der Waals surface area contributed by atoms with Crippen LogP contribution in [0.5, 0.6) is 0 Å². The van der Waals surface area contributed by atoms with Gasteiger partial charge in [-0.05, 0) is 34.6 Å². The third-order valence-electron chi connectivity index (χ3n) is 6.04. The Balaban J connectivity index is 1.72. The molecule has 1 aliphatic carbocycles. The van der Waals surface area contributed by atoms with E-state index >= 15 is 0 Å². The lowest BCUT2D eigenvalue weighted by atomic mass is 9.86. The molecule has 0 radical (unpaired) electrons. The van der Waals surface area contributed by atoms with Crippen LogP contribution in [0.2, 0.25) is 0 Å². The van der Waals surface area contributed by atoms with Crippen LogP contribution in [-0.4, -0.2) is 55.0 Å². The van der Waals surface area contributed by atoms with Crippen LogP contribution in [0.1, 0.15) is 44.7 Å². The molecule has 0 saturated heterocycles. The van der Waals surface area contributed by atoms with E-state index in [1.54, 1.807) is 20.8 Å². The van der Waals surface area contributed by atoms with Crippen molar-refractivity contribution < 1.29 is 29.0 Å². The second kappa shape index (κ2) is 9.85. The number of carboxylic acids is 1. The third kappa shape index (κ3) is 5.22. The summed E-state index contributed by atoms with van der Waals surface area (Å²) in [6.45, 7) is 6.51. The summed E-state index contributed by atoms with van der Waals surface area (Å²) in [5.74, 6) is -1.97. The number of benzene rings is 2. The van der Waals surface area contributed by atoms with Crippen LogP contribution in [-0.2, 0) is 19.1 Å². The fourth-order valence-corrected chi connectivity index (χ4v) is 4.25. The van der Waals surface area contributed by atoms with Crippen LogP contribution in [0.3, 0.4) is 0 Å². The van der Waals surface area contributed by atoms with Gasteiger partial charge in [-0.2, -0.15) is 0 Å². The molecule has 2 amide bonds. The van der Waals surface area contributed by atoms with Crippen molar-refractivity contribution in [1.29, 1.82) is 0 Å². The minimum atomic E-state index is -1.53. The Labute approximate surface area is 199 Å². The quantitative estimate of drug-likeness (QED) is 0.546. The highest BCUT2D eigenvalue weighted by Gasteiger charge is 2.41. The number of carbonyl (C=O) groups is 3. The van der Waals surface area contributed by atoms with E-state index < -0.39 is 35.0 Å². The van der Waals surface area contributed by atoms with Crippen LogP contribution in [0.25, 0.3) is 11.1 Å². The Hall–Kier alpha value is -3.39. The minimum Gasteiger partial charge on any atom is -0.480 e. The average Bonchev–Trinajstić information content (AvgIpc) is 3.08. The Morgan fingerprint density at radius 3 is 1.97 bits per heavy atom. The molecule has 0 heterocycles. The molecule has 0 spiro atoms. The number of aliphatic carboxylic acids is 1. The summed E-state index contributed by atoms with van der Waals surface area (Å²) < 4.78 is 10.7. The zero-order valence-corrected chi connectivity index (χ0v) is 20.2. The molecule has 182 valence electrons. The van der Waals surface area contributed by atoms with E-state index in [4.69, 9.17) is 9.47 Å². The van der Waals surface area contributed by atoms with Crippen molar-refractivity contribution in [3.05, 3.63) is 59.7 Å². The molecule has 3 N–H and O–H groups in total. The molecule has 1 unspecified atom stereocenters. The van der Waals surface area contributed by atoms with Crippen molar-refractivity contribution >= 4 is 18.0 Å². The SMILES string of the molecule is COCC(C)(NC(=O)OCC1c2ccccc2-c2ccccc21)C(=O)N[C@@H](C(=O)O)C(C)(C)C. The predicted molar refractivity (Wildman–Crippen MR) is 128 cm³/mol. The number of hydrogen-bond acceptors (Lipinski definition) is 5. The summed E-state index contributed by atoms with van der Waals surface area (Å²) >= 11 is 0. The number of hydrogen-bond donors (Lipinski definition) is 3. The first-order chi connectivity index (χ1) is 16.0. The van der Waals surface area contributed by atoms with Gasteiger partial charge in [-0.25, -0.2) is 9.59 Å². The van der Waals surface area contributed by atoms with Gasteiger partial charge in [0.2, 0.25) is 5.91 Å². The lowest BCUT2D eigenvalue weighted by molar-refractivity contribution is -0.146. The summed E-state index contributed by atoms with van der Waals surface area (Å²) in [6.07, 6.45) is -0.792. The van der Waals surface area contributed by atoms with Crippen LogP contribution in [0.15, 0.2) is 48.5 Å². The Morgan fingerprint density at radius 2 is 1.50 bits per heavy atom. The van der Waals surface area contributed by atoms with Crippen molar-refractivity contribution in [2.24, 2.45) is 5.41 Å². The first kappa shape index (κ1) is 25.2. The van der Waals surface area contributed by atoms with Gasteiger partial charge in [-0.15, -0.1) is 0 Å². The van der Waals surface area contributed by atoms with Crippen molar-refractivity contribution in [1.82, 2.24) is 10.6 Å². The molecule has 0 saturated carbocycles. The van der Waals surface area contributed by atoms with E-state index in [-0.39, 0.29) is 19.1 Å². The second-order valence-electron chi connectivity index (χ2n) is 9.83. The van der Waals surface area contributed by atoms with E-state index in [0.717, 1.165) is 22.3 Å². The van der Waals surface area contributed by atoms with E-state index in [2.05, 4.69) is 10.6 Å². The lowest BCUT2D eigenvalue weighted by Gasteiger charge is -2.33. The van der Waals surface area contributed by atoms with Crippen molar-refractivity contribution in [3.63, 3.8) is 0 Å². The molecule has 34 heavy (non-hydrogen) atoms. The highest BCUT2D eigenvalue weighted by Crippen LogP contribution is 2.44. The summed E-state index contributed by atoms with van der Waals surface area (Å²) in [5.41, 5.74) is 2.09. The van der Waals surface area contributed by atoms with Gasteiger partial charge < -0.3 is 25.2 Å². The van der Waals surface area contributed by atoms with Crippen molar-refractivity contribution in [2.45, 2.75) is 45.2 Å². The number of ether oxygens (including phenoxy) is 2. The maximum absolute atomic E-state index is 13.0. The zero-order chi connectivity index (χ0) is 25.1. The summed E-state index contributed by atoms with van der Waals surface area (Å²) in [5, 5.41) is 14.6. The molecule has 8 heteroatoms. The third-order valence-corrected chi connectivity index (χ3v) is 6.04. The Kier molecular flexibility index (Phi) is 7.31. The number of alkyl carbamates (subject to hydrolysis) is 1. The molecule has 8 nitrogen and oxygen atoms in total. The standard InChI is InChI=1S/C26H32N2O6/c1-25(2,3)21(22(29)30)27-23(31)26(4,15-33-5)28-24(32)34-14-20-18-12-8-6-10-16(18)17-11-7-9-13-19(17)20/h6-13,20-21H,14-15H2,1-5H3,(H,27,31)(H,28,32)(H,29,30)/t21-,26?/m0/s1. The van der Waals surface area contributed by atoms with Gasteiger partial charge in [0, 0.05) is 13.0 Å². The van der Waals surface area contributed by atoms with E-state index in [1.807, 2.05) is 48.5 Å². The van der Waals surface area contributed by atoms with Crippen LogP contribution in [0, 0.1) is 5.41 Å². The monoisotopic (exact) mass is 468 g/mol. The van der Waals surface area contributed by atoms with Gasteiger partial charge in [0.1, 0.15) is 18.2 Å². The van der Waals surface area contributed by atoms with Crippen molar-refractivity contribution in [3.8, 4) is 11.1 Å². The molecule has 0 aliphatic heterocycles. The van der Waals surface area contributed by atoms with Crippen LogP contribution >= 0.6 is 0 Å². The largest absolute Gasteiger partial charge is 0.480 e. The Bertz CT molecular complexity index is 1030. The number of methoxy groups -OCH3 is 1. The van der Waals surface area contributed by atoms with Gasteiger partial charge in [0.15, 0.2) is 0 Å². The first-order valence-electron chi connectivity index (χ1n) is 11.1. The molecule has 0 bridgehead atoms. The lowest BCUT2D eigenvalue weighted by Crippen LogP contribution is -2.63. The summed E-state index contributed by atoms with van der Waals surface area (Å²) in [4.78, 5) is 37.4. The number of nitrogens with one attached hydrogen (secondary N) is 2. The van der Waals surface area contributed by atoms with Gasteiger partial charge in [-0.1, -0.05) is 69.3 Å². The fourth-order valence-electron chi connectivity index (χ4n) is 4.25. The minimum absolute atomic E-state index is 0.0876. The molecule has 3 rings (SSSR count). The molecule has 1 aliphatic rings. The average molecular weight is 469 g/mol. The second-order valence-corrected chi connectivity index (χ2v) is 9.83. The molecular weight excluding hydrogens is 436 g/mol. The van der Waals surface area contributed by atoms with Gasteiger partial charge >= 0.3 is 12.1 Å². The maximum atomic E-state index is 13.0. The van der Waals surface area contributed by atoms with Crippen LogP contribution in [0.4, 0.5) is 4.79 Å². The van der Waals surface area contributed by atoms with E-state index in [0.29, 0.717) is 0 Å². The normalized spacial score (nSPS) is 15.4. The highest BCUT2D eigenvalue weighted by atomic mass is 16.5. The van der Waals surface area contributed by atoms with E-state index in [1.165, 1.54) is 14.0 Å². The number of rotatable bonds is 8. The fraction of sp³-hybridized carbons (Fsp3) is 0.423. The number of fused-ring (bicyclic) bond motifs is 3. The number of carboxylic acid groups (broad SMARTS) is 1. The van der Waals surface area contributed by atoms with Crippen LogP contribution < -0.4 is 10.6 Å². The first-order valence-corrected chi connectivity index (χ1v) is 11.1. The van der Waals surface area contributed by atoms with Gasteiger partial charge in [-0.3, -0.25) is 4.79 Å². The zero-order valence-electron chi connectivity index (χ0n) is 20.2. The highest BCUT2D eigenvalue weighted by molar-refractivity contribution is 5.92. The molecule has 0 fully saturated rings. The molecule has 2 atom stereocenters. The van der Waals surface area contributed by atoms with Gasteiger partial charge in [0.05, 0.1) is 6.61 Å². The molecular formula is C26H32N2O6. The molecule has 0 aromatic heterocycles. The molecule has 2 aromatic carbocycles. The summed E-state index contributed by atoms with van der Waals surface area (Å²) in [6, 6.07) is 14.8. The topological polar surface area (TPSA) is 114 Å².